The van der Waals surface area contributed by atoms with E-state index in [0.29, 0.717) is 36.2 Å². The van der Waals surface area contributed by atoms with E-state index in [1.807, 2.05) is 6.07 Å². The number of benzene rings is 1. The van der Waals surface area contributed by atoms with Crippen molar-refractivity contribution in [3.05, 3.63) is 46.7 Å². The summed E-state index contributed by atoms with van der Waals surface area (Å²) in [5, 5.41) is 21.1. The van der Waals surface area contributed by atoms with E-state index in [9.17, 15) is 10.1 Å². The van der Waals surface area contributed by atoms with Crippen LogP contribution in [0.1, 0.15) is 38.8 Å². The SMILES string of the molecule is CN(C)C(=O)Cn1nc(Cl)cc1Nc1nccc(-c2cc(C#N)c3c(c2)[C@@](C)(CO[Si](C)(C)C(C)(C)C)CN3)n1. The van der Waals surface area contributed by atoms with E-state index < -0.39 is 8.32 Å². The standard InChI is InChI=1S/C28H37ClN8O2Si/c1-27(2,3)40(7,8)39-17-28(4)16-32-25-19(14-30)11-18(12-20(25)28)21-9-10-31-26(33-21)34-23-13-22(29)35-37(23)15-24(38)36(5)6/h9-13,32H,15-17H2,1-8H3,(H,31,33,34)/t28-/m1/s1. The molecule has 0 saturated heterocycles. The van der Waals surface area contributed by atoms with Crippen LogP contribution in [0, 0.1) is 11.3 Å². The van der Waals surface area contributed by atoms with E-state index in [1.54, 1.807) is 32.4 Å². The van der Waals surface area contributed by atoms with Crippen LogP contribution >= 0.6 is 11.6 Å². The lowest BCUT2D eigenvalue weighted by atomic mass is 9.83. The lowest BCUT2D eigenvalue weighted by Crippen LogP contribution is -2.45. The lowest BCUT2D eigenvalue weighted by molar-refractivity contribution is -0.129. The van der Waals surface area contributed by atoms with Gasteiger partial charge in [0.25, 0.3) is 0 Å². The number of anilines is 3. The van der Waals surface area contributed by atoms with Crippen LogP contribution in [0.5, 0.6) is 0 Å². The van der Waals surface area contributed by atoms with Crippen molar-refractivity contribution in [3.63, 3.8) is 0 Å². The lowest BCUT2D eigenvalue weighted by Gasteiger charge is -2.39. The van der Waals surface area contributed by atoms with Crippen molar-refractivity contribution in [3.8, 4) is 17.3 Å². The fourth-order valence-corrected chi connectivity index (χ4v) is 5.49. The number of likely N-dealkylation sites (N-methyl/N-ethyl adjacent to an activating group) is 1. The van der Waals surface area contributed by atoms with E-state index in [1.165, 1.54) is 9.58 Å². The van der Waals surface area contributed by atoms with Crippen molar-refractivity contribution in [2.45, 2.75) is 57.8 Å². The number of nitrogens with one attached hydrogen (secondary N) is 2. The summed E-state index contributed by atoms with van der Waals surface area (Å²) in [6.07, 6.45) is 1.65. The summed E-state index contributed by atoms with van der Waals surface area (Å²) in [5.41, 5.74) is 3.60. The largest absolute Gasteiger partial charge is 0.416 e. The minimum absolute atomic E-state index is 0.0145. The van der Waals surface area contributed by atoms with Crippen LogP contribution in [0.25, 0.3) is 11.3 Å². The second kappa shape index (κ2) is 10.8. The van der Waals surface area contributed by atoms with Crippen LogP contribution in [0.4, 0.5) is 17.5 Å². The molecule has 40 heavy (non-hydrogen) atoms. The van der Waals surface area contributed by atoms with Crippen LogP contribution in [0.3, 0.4) is 0 Å². The summed E-state index contributed by atoms with van der Waals surface area (Å²) in [6, 6.07) is 9.70. The number of carbonyl (C=O) groups excluding carboxylic acids is 1. The van der Waals surface area contributed by atoms with Gasteiger partial charge in [0, 0.05) is 50.5 Å². The zero-order chi connectivity index (χ0) is 29.5. The highest BCUT2D eigenvalue weighted by Gasteiger charge is 2.42. The highest BCUT2D eigenvalue weighted by Crippen LogP contribution is 2.44. The average molecular weight is 581 g/mol. The molecule has 0 saturated carbocycles. The highest BCUT2D eigenvalue weighted by atomic mass is 35.5. The maximum Gasteiger partial charge on any atom is 0.243 e. The summed E-state index contributed by atoms with van der Waals surface area (Å²) in [4.78, 5) is 22.8. The minimum atomic E-state index is -1.97. The van der Waals surface area contributed by atoms with Gasteiger partial charge in [-0.2, -0.15) is 10.4 Å². The fourth-order valence-electron chi connectivity index (χ4n) is 4.18. The molecule has 0 bridgehead atoms. The maximum atomic E-state index is 12.2. The number of hydrogen-bond acceptors (Lipinski definition) is 8. The van der Waals surface area contributed by atoms with Crippen molar-refractivity contribution in [1.82, 2.24) is 24.6 Å². The molecule has 212 valence electrons. The molecular weight excluding hydrogens is 544 g/mol. The van der Waals surface area contributed by atoms with Crippen LogP contribution in [0.15, 0.2) is 30.5 Å². The highest BCUT2D eigenvalue weighted by molar-refractivity contribution is 6.74. The molecule has 0 fully saturated rings. The van der Waals surface area contributed by atoms with Gasteiger partial charge in [0.2, 0.25) is 11.9 Å². The first kappa shape index (κ1) is 29.5. The minimum Gasteiger partial charge on any atom is -0.416 e. The molecule has 4 rings (SSSR count). The number of rotatable bonds is 8. The van der Waals surface area contributed by atoms with E-state index in [4.69, 9.17) is 21.0 Å². The smallest absolute Gasteiger partial charge is 0.243 e. The Labute approximate surface area is 241 Å². The molecule has 0 unspecified atom stereocenters. The van der Waals surface area contributed by atoms with E-state index >= 15 is 0 Å². The third kappa shape index (κ3) is 5.99. The first-order chi connectivity index (χ1) is 18.6. The number of aromatic nitrogens is 4. The summed E-state index contributed by atoms with van der Waals surface area (Å²) in [5.74, 6) is 0.672. The van der Waals surface area contributed by atoms with E-state index in [-0.39, 0.29) is 28.1 Å². The first-order valence-corrected chi connectivity index (χ1v) is 16.4. The average Bonchev–Trinajstić information content (AvgIpc) is 3.40. The molecule has 2 aromatic heterocycles. The molecule has 1 amide bonds. The molecule has 3 aromatic rings. The van der Waals surface area contributed by atoms with Gasteiger partial charge in [0.1, 0.15) is 18.4 Å². The van der Waals surface area contributed by atoms with Crippen molar-refractivity contribution in [1.29, 1.82) is 5.26 Å². The molecule has 0 radical (unpaired) electrons. The maximum absolute atomic E-state index is 12.2. The molecular formula is C28H37ClN8O2Si. The van der Waals surface area contributed by atoms with Gasteiger partial charge >= 0.3 is 0 Å². The van der Waals surface area contributed by atoms with Gasteiger partial charge in [-0.25, -0.2) is 14.6 Å². The van der Waals surface area contributed by atoms with Gasteiger partial charge < -0.3 is 20.0 Å². The quantitative estimate of drug-likeness (QED) is 0.340. The van der Waals surface area contributed by atoms with Crippen molar-refractivity contribution >= 4 is 43.3 Å². The Morgan fingerprint density at radius 1 is 1.32 bits per heavy atom. The van der Waals surface area contributed by atoms with Crippen LogP contribution in [-0.2, 0) is 21.2 Å². The van der Waals surface area contributed by atoms with Crippen LogP contribution in [-0.4, -0.2) is 66.1 Å². The van der Waals surface area contributed by atoms with Gasteiger partial charge in [0.05, 0.1) is 16.9 Å². The molecule has 1 aliphatic rings. The Hall–Kier alpha value is -3.46. The van der Waals surface area contributed by atoms with Gasteiger partial charge in [-0.1, -0.05) is 39.3 Å². The van der Waals surface area contributed by atoms with E-state index in [2.05, 4.69) is 73.6 Å². The molecule has 1 atom stereocenters. The first-order valence-electron chi connectivity index (χ1n) is 13.1. The number of nitrogens with zero attached hydrogens (tertiary/aromatic N) is 6. The molecule has 12 heteroatoms. The number of carbonyl (C=O) groups is 1. The molecule has 3 heterocycles. The van der Waals surface area contributed by atoms with Crippen LogP contribution < -0.4 is 10.6 Å². The normalized spacial score (nSPS) is 16.7. The second-order valence-electron chi connectivity index (χ2n) is 12.2. The molecule has 0 aliphatic carbocycles. The summed E-state index contributed by atoms with van der Waals surface area (Å²) < 4.78 is 8.11. The number of amides is 1. The summed E-state index contributed by atoms with van der Waals surface area (Å²) in [7, 11) is 1.39. The number of halogens is 1. The second-order valence-corrected chi connectivity index (χ2v) is 17.4. The van der Waals surface area contributed by atoms with Crippen molar-refractivity contribution < 1.29 is 9.22 Å². The number of hydrogen-bond donors (Lipinski definition) is 2. The van der Waals surface area contributed by atoms with E-state index in [0.717, 1.165) is 16.8 Å². The third-order valence-corrected chi connectivity index (χ3v) is 12.5. The number of fused-ring (bicyclic) bond motifs is 1. The fraction of sp³-hybridized carbons (Fsp3) is 0.464. The summed E-state index contributed by atoms with van der Waals surface area (Å²) >= 11 is 6.13. The topological polar surface area (TPSA) is 121 Å². The predicted octanol–water partition coefficient (Wildman–Crippen LogP) is 5.40. The van der Waals surface area contributed by atoms with Gasteiger partial charge in [0.15, 0.2) is 13.5 Å². The number of nitriles is 1. The third-order valence-electron chi connectivity index (χ3n) is 7.85. The Morgan fingerprint density at radius 3 is 2.70 bits per heavy atom. The Bertz CT molecular complexity index is 1470. The Morgan fingerprint density at radius 2 is 2.05 bits per heavy atom. The molecule has 2 N–H and O–H groups in total. The molecule has 0 spiro atoms. The Balaban J connectivity index is 1.65. The van der Waals surface area contributed by atoms with Crippen LogP contribution in [0.2, 0.25) is 23.3 Å². The van der Waals surface area contributed by atoms with Crippen molar-refractivity contribution in [2.24, 2.45) is 0 Å². The molecule has 1 aliphatic heterocycles. The Kier molecular flexibility index (Phi) is 8.00. The summed E-state index contributed by atoms with van der Waals surface area (Å²) in [6.45, 7) is 14.6. The van der Waals surface area contributed by atoms with Crippen molar-refractivity contribution in [2.75, 3.05) is 37.9 Å². The van der Waals surface area contributed by atoms with Gasteiger partial charge in [-0.15, -0.1) is 0 Å². The monoisotopic (exact) mass is 580 g/mol. The predicted molar refractivity (Wildman–Crippen MR) is 160 cm³/mol. The van der Waals surface area contributed by atoms with Gasteiger partial charge in [-0.05, 0) is 41.9 Å². The molecule has 1 aromatic carbocycles. The molecule has 10 nitrogen and oxygen atoms in total. The van der Waals surface area contributed by atoms with Gasteiger partial charge in [-0.3, -0.25) is 4.79 Å². The zero-order valence-corrected chi connectivity index (χ0v) is 26.1. The zero-order valence-electron chi connectivity index (χ0n) is 24.4.